The summed E-state index contributed by atoms with van der Waals surface area (Å²) >= 11 is 11.9. The number of benzene rings is 4. The number of halogens is 2. The predicted octanol–water partition coefficient (Wildman–Crippen LogP) is 6.62. The molecule has 2 fully saturated rings. The van der Waals surface area contributed by atoms with Crippen molar-refractivity contribution < 1.29 is 19.2 Å². The third kappa shape index (κ3) is 4.23. The van der Waals surface area contributed by atoms with E-state index in [9.17, 15) is 19.2 Å². The summed E-state index contributed by atoms with van der Waals surface area (Å²) in [5, 5.41) is 1.39. The smallest absolute Gasteiger partial charge is 0.238 e. The number of nitrogens with zero attached hydrogens (tertiary/aromatic N) is 2. The lowest BCUT2D eigenvalue weighted by Crippen LogP contribution is -2.34. The Morgan fingerprint density at radius 2 is 0.955 bits per heavy atom. The number of hydrogen-bond acceptors (Lipinski definition) is 4. The summed E-state index contributed by atoms with van der Waals surface area (Å²) in [4.78, 5) is 50.9. The maximum absolute atomic E-state index is 12.9. The van der Waals surface area contributed by atoms with Crippen molar-refractivity contribution in [2.24, 2.45) is 0 Å². The third-order valence-electron chi connectivity index (χ3n) is 9.59. The molecule has 4 aromatic carbocycles. The summed E-state index contributed by atoms with van der Waals surface area (Å²) in [5.74, 6) is 0.409. The number of aldehydes is 2. The van der Waals surface area contributed by atoms with Crippen LogP contribution < -0.4 is 9.80 Å². The molecule has 4 aliphatic rings. The summed E-state index contributed by atoms with van der Waals surface area (Å²) in [7, 11) is 0. The van der Waals surface area contributed by atoms with Crippen molar-refractivity contribution >= 4 is 59.0 Å². The molecular formula is C36H28Cl2N2O4. The Kier molecular flexibility index (Phi) is 6.95. The Bertz CT molecular complexity index is 1670. The summed E-state index contributed by atoms with van der Waals surface area (Å²) in [5.41, 5.74) is 5.10. The summed E-state index contributed by atoms with van der Waals surface area (Å²) < 4.78 is 0. The second-order valence-corrected chi connectivity index (χ2v) is 12.6. The number of amides is 2. The molecule has 2 amide bonds. The Balaban J connectivity index is 0.000000142. The van der Waals surface area contributed by atoms with Crippen molar-refractivity contribution in [3.8, 4) is 0 Å². The van der Waals surface area contributed by atoms with E-state index in [1.54, 1.807) is 9.80 Å². The van der Waals surface area contributed by atoms with Gasteiger partial charge in [0.2, 0.25) is 11.8 Å². The van der Waals surface area contributed by atoms with E-state index in [2.05, 4.69) is 0 Å². The molecule has 6 nitrogen and oxygen atoms in total. The van der Waals surface area contributed by atoms with E-state index in [1.165, 1.54) is 0 Å². The van der Waals surface area contributed by atoms with Crippen LogP contribution in [0.4, 0.5) is 11.4 Å². The molecular weight excluding hydrogens is 595 g/mol. The average Bonchev–Trinajstić information content (AvgIpc) is 3.94. The normalized spacial score (nSPS) is 25.4. The van der Waals surface area contributed by atoms with Gasteiger partial charge in [0.05, 0.1) is 23.9 Å². The van der Waals surface area contributed by atoms with Crippen molar-refractivity contribution in [3.05, 3.63) is 129 Å². The number of hydrogen-bond donors (Lipinski definition) is 0. The SMILES string of the molecule is O=CCN1C(=O)[C@@]2(C[C@H]2c2ccc(Cl)cc2)c2ccccc21.O=CCN1C(=O)[C@]2(C[C@@H]2c2ccc(Cl)cc2)c2ccccc21. The standard InChI is InChI=1S/2C18H14ClNO2/c2*19-13-7-5-12(6-8-13)15-11-18(15)14-3-1-2-4-16(14)20(9-10-21)17(18)22/h2*1-8,10,15H,9,11H2/t2*15-,18-/m10/s1. The van der Waals surface area contributed by atoms with Gasteiger partial charge >= 0.3 is 0 Å². The number of carbonyl (C=O) groups is 4. The average molecular weight is 624 g/mol. The molecule has 8 rings (SSSR count). The molecule has 8 heteroatoms. The first-order valence-electron chi connectivity index (χ1n) is 14.6. The fourth-order valence-electron chi connectivity index (χ4n) is 7.40. The maximum atomic E-state index is 12.9. The molecule has 0 radical (unpaired) electrons. The molecule has 2 heterocycles. The number of fused-ring (bicyclic) bond motifs is 4. The van der Waals surface area contributed by atoms with Crippen LogP contribution in [0.1, 0.15) is 46.9 Å². The van der Waals surface area contributed by atoms with Crippen LogP contribution in [-0.2, 0) is 30.0 Å². The molecule has 0 saturated heterocycles. The van der Waals surface area contributed by atoms with E-state index >= 15 is 0 Å². The first kappa shape index (κ1) is 28.5. The summed E-state index contributed by atoms with van der Waals surface area (Å²) in [6.07, 6.45) is 3.15. The van der Waals surface area contributed by atoms with Gasteiger partial charge in [-0.3, -0.25) is 9.59 Å². The van der Waals surface area contributed by atoms with Gasteiger partial charge in [-0.25, -0.2) is 0 Å². The fourth-order valence-corrected chi connectivity index (χ4v) is 7.66. The van der Waals surface area contributed by atoms with E-state index in [0.29, 0.717) is 10.0 Å². The lowest BCUT2D eigenvalue weighted by atomic mass is 9.92. The number of carbonyl (C=O) groups excluding carboxylic acids is 4. The van der Waals surface area contributed by atoms with Crippen molar-refractivity contribution in [1.82, 2.24) is 0 Å². The van der Waals surface area contributed by atoms with Gasteiger partial charge in [0, 0.05) is 33.3 Å². The minimum Gasteiger partial charge on any atom is -0.304 e. The van der Waals surface area contributed by atoms with Gasteiger partial charge in [0.1, 0.15) is 12.6 Å². The second-order valence-electron chi connectivity index (χ2n) is 11.8. The lowest BCUT2D eigenvalue weighted by Gasteiger charge is -2.14. The van der Waals surface area contributed by atoms with E-state index in [-0.39, 0.29) is 36.7 Å². The van der Waals surface area contributed by atoms with Gasteiger partial charge in [0.25, 0.3) is 0 Å². The highest BCUT2D eigenvalue weighted by atomic mass is 35.5. The van der Waals surface area contributed by atoms with Crippen LogP contribution >= 0.6 is 23.2 Å². The van der Waals surface area contributed by atoms with Crippen LogP contribution in [0.3, 0.4) is 0 Å². The lowest BCUT2D eigenvalue weighted by molar-refractivity contribution is -0.121. The van der Waals surface area contributed by atoms with Crippen LogP contribution in [0.2, 0.25) is 10.0 Å². The monoisotopic (exact) mass is 622 g/mol. The second kappa shape index (κ2) is 10.7. The highest BCUT2D eigenvalue weighted by Crippen LogP contribution is 2.67. The number of anilines is 2. The molecule has 0 bridgehead atoms. The highest BCUT2D eigenvalue weighted by molar-refractivity contribution is 6.30. The van der Waals surface area contributed by atoms with Crippen LogP contribution in [-0.4, -0.2) is 37.5 Å². The van der Waals surface area contributed by atoms with Crippen molar-refractivity contribution in [2.75, 3.05) is 22.9 Å². The third-order valence-corrected chi connectivity index (χ3v) is 10.1. The van der Waals surface area contributed by atoms with Crippen molar-refractivity contribution in [2.45, 2.75) is 35.5 Å². The topological polar surface area (TPSA) is 74.8 Å². The molecule has 4 atom stereocenters. The van der Waals surface area contributed by atoms with Gasteiger partial charge in [-0.2, -0.15) is 0 Å². The van der Waals surface area contributed by atoms with Gasteiger partial charge in [-0.05, 0) is 71.5 Å². The fraction of sp³-hybridized carbons (Fsp3) is 0.222. The molecule has 220 valence electrons. The van der Waals surface area contributed by atoms with E-state index < -0.39 is 10.8 Å². The number of para-hydroxylation sites is 2. The Labute approximate surface area is 265 Å². The van der Waals surface area contributed by atoms with Crippen LogP contribution in [0.25, 0.3) is 0 Å². The number of rotatable bonds is 6. The molecule has 0 aromatic heterocycles. The van der Waals surface area contributed by atoms with Gasteiger partial charge in [0.15, 0.2) is 0 Å². The first-order chi connectivity index (χ1) is 21.4. The molecule has 4 aromatic rings. The van der Waals surface area contributed by atoms with Gasteiger partial charge in [-0.1, -0.05) is 83.9 Å². The van der Waals surface area contributed by atoms with Crippen molar-refractivity contribution in [1.29, 1.82) is 0 Å². The first-order valence-corrected chi connectivity index (χ1v) is 15.3. The highest BCUT2D eigenvalue weighted by Gasteiger charge is 2.68. The zero-order valence-electron chi connectivity index (χ0n) is 23.7. The van der Waals surface area contributed by atoms with E-state index in [4.69, 9.17) is 23.2 Å². The quantitative estimate of drug-likeness (QED) is 0.226. The Morgan fingerprint density at radius 1 is 0.591 bits per heavy atom. The molecule has 44 heavy (non-hydrogen) atoms. The molecule has 2 spiro atoms. The zero-order chi connectivity index (χ0) is 30.6. The zero-order valence-corrected chi connectivity index (χ0v) is 25.2. The molecule has 0 unspecified atom stereocenters. The Morgan fingerprint density at radius 3 is 1.32 bits per heavy atom. The molecule has 2 saturated carbocycles. The largest absolute Gasteiger partial charge is 0.304 e. The summed E-state index contributed by atoms with van der Waals surface area (Å²) in [6, 6.07) is 31.0. The van der Waals surface area contributed by atoms with E-state index in [1.807, 2.05) is 97.1 Å². The predicted molar refractivity (Wildman–Crippen MR) is 171 cm³/mol. The summed E-state index contributed by atoms with van der Waals surface area (Å²) in [6.45, 7) is 0.232. The molecule has 0 N–H and O–H groups in total. The van der Waals surface area contributed by atoms with Gasteiger partial charge < -0.3 is 19.4 Å². The minimum absolute atomic E-state index is 0.0424. The van der Waals surface area contributed by atoms with Crippen molar-refractivity contribution in [3.63, 3.8) is 0 Å². The molecule has 2 aliphatic heterocycles. The maximum Gasteiger partial charge on any atom is 0.238 e. The van der Waals surface area contributed by atoms with Crippen LogP contribution in [0.15, 0.2) is 97.1 Å². The molecule has 2 aliphatic carbocycles. The minimum atomic E-state index is -0.493. The van der Waals surface area contributed by atoms with E-state index in [0.717, 1.165) is 59.0 Å². The van der Waals surface area contributed by atoms with Gasteiger partial charge in [-0.15, -0.1) is 0 Å². The Hall–Kier alpha value is -4.26. The van der Waals surface area contributed by atoms with Crippen LogP contribution in [0, 0.1) is 0 Å². The van der Waals surface area contributed by atoms with Crippen LogP contribution in [0.5, 0.6) is 0 Å².